The summed E-state index contributed by atoms with van der Waals surface area (Å²) in [5, 5.41) is 6.78. The van der Waals surface area contributed by atoms with Crippen LogP contribution in [-0.4, -0.2) is 28.5 Å². The second-order valence-corrected chi connectivity index (χ2v) is 6.45. The summed E-state index contributed by atoms with van der Waals surface area (Å²) in [5.41, 5.74) is 2.19. The lowest BCUT2D eigenvalue weighted by Crippen LogP contribution is -2.28. The molecule has 0 bridgehead atoms. The molecule has 0 spiro atoms. The Bertz CT molecular complexity index is 984. The number of para-hydroxylation sites is 1. The largest absolute Gasteiger partial charge is 0.339 e. The summed E-state index contributed by atoms with van der Waals surface area (Å²) in [6, 6.07) is 16.6. The molecule has 1 aliphatic rings. The predicted octanol–water partition coefficient (Wildman–Crippen LogP) is 3.04. The van der Waals surface area contributed by atoms with Crippen LogP contribution in [-0.2, 0) is 9.59 Å². The average molecular weight is 362 g/mol. The summed E-state index contributed by atoms with van der Waals surface area (Å²) in [6.45, 7) is 2.09. The summed E-state index contributed by atoms with van der Waals surface area (Å²) in [5.74, 6) is 0.328. The summed E-state index contributed by atoms with van der Waals surface area (Å²) in [6.07, 6.45) is 0.199. The monoisotopic (exact) mass is 362 g/mol. The molecule has 1 aliphatic heterocycles. The van der Waals surface area contributed by atoms with Gasteiger partial charge in [0.1, 0.15) is 0 Å². The molecule has 0 radical (unpaired) electrons. The second kappa shape index (κ2) is 7.03. The molecule has 1 saturated heterocycles. The quantitative estimate of drug-likeness (QED) is 0.771. The van der Waals surface area contributed by atoms with E-state index in [1.54, 1.807) is 24.0 Å². The molecule has 3 aromatic rings. The van der Waals surface area contributed by atoms with Gasteiger partial charge in [0.05, 0.1) is 5.92 Å². The summed E-state index contributed by atoms with van der Waals surface area (Å²) >= 11 is 0. The fraction of sp³-hybridized carbons (Fsp3) is 0.200. The molecule has 2 amide bonds. The zero-order valence-corrected chi connectivity index (χ0v) is 14.8. The molecular formula is C20H18N4O3. The molecule has 136 valence electrons. The van der Waals surface area contributed by atoms with E-state index in [9.17, 15) is 9.59 Å². The van der Waals surface area contributed by atoms with Crippen LogP contribution in [0.1, 0.15) is 12.3 Å². The van der Waals surface area contributed by atoms with Crippen LogP contribution < -0.4 is 10.2 Å². The van der Waals surface area contributed by atoms with E-state index in [2.05, 4.69) is 15.5 Å². The van der Waals surface area contributed by atoms with E-state index in [0.717, 1.165) is 11.3 Å². The number of carbonyl (C=O) groups is 2. The van der Waals surface area contributed by atoms with Crippen LogP contribution in [0, 0.1) is 12.8 Å². The van der Waals surface area contributed by atoms with E-state index in [0.29, 0.717) is 23.9 Å². The summed E-state index contributed by atoms with van der Waals surface area (Å²) < 4.78 is 5.00. The highest BCUT2D eigenvalue weighted by atomic mass is 16.5. The SMILES string of the molecule is Cc1nc(-c2cccc(NC(=O)C3CC(=O)N(c4ccccc4)C3)c2)no1. The van der Waals surface area contributed by atoms with Gasteiger partial charge in [0.15, 0.2) is 0 Å². The Labute approximate surface area is 156 Å². The Morgan fingerprint density at radius 1 is 1.19 bits per heavy atom. The molecule has 2 aromatic carbocycles. The van der Waals surface area contributed by atoms with Gasteiger partial charge in [0.25, 0.3) is 0 Å². The topological polar surface area (TPSA) is 88.3 Å². The predicted molar refractivity (Wildman–Crippen MR) is 100 cm³/mol. The normalized spacial score (nSPS) is 16.6. The first-order valence-electron chi connectivity index (χ1n) is 8.67. The number of hydrogen-bond donors (Lipinski definition) is 1. The lowest BCUT2D eigenvalue weighted by Gasteiger charge is -2.16. The molecule has 1 atom stereocenters. The van der Waals surface area contributed by atoms with Gasteiger partial charge < -0.3 is 14.7 Å². The number of carbonyl (C=O) groups excluding carboxylic acids is 2. The number of rotatable bonds is 4. The maximum Gasteiger partial charge on any atom is 0.229 e. The number of aromatic nitrogens is 2. The van der Waals surface area contributed by atoms with Gasteiger partial charge in [-0.05, 0) is 24.3 Å². The number of benzene rings is 2. The lowest BCUT2D eigenvalue weighted by molar-refractivity contribution is -0.122. The van der Waals surface area contributed by atoms with Crippen molar-refractivity contribution < 1.29 is 14.1 Å². The second-order valence-electron chi connectivity index (χ2n) is 6.45. The Kier molecular flexibility index (Phi) is 4.42. The van der Waals surface area contributed by atoms with Crippen molar-refractivity contribution in [3.05, 3.63) is 60.5 Å². The van der Waals surface area contributed by atoms with Gasteiger partial charge in [-0.15, -0.1) is 0 Å². The Morgan fingerprint density at radius 3 is 2.74 bits per heavy atom. The first-order valence-corrected chi connectivity index (χ1v) is 8.67. The van der Waals surface area contributed by atoms with E-state index in [4.69, 9.17) is 4.52 Å². The third-order valence-electron chi connectivity index (χ3n) is 4.48. The molecular weight excluding hydrogens is 344 g/mol. The Morgan fingerprint density at radius 2 is 2.00 bits per heavy atom. The first-order chi connectivity index (χ1) is 13.1. The van der Waals surface area contributed by atoms with Crippen molar-refractivity contribution in [2.75, 3.05) is 16.8 Å². The van der Waals surface area contributed by atoms with Gasteiger partial charge in [-0.1, -0.05) is 35.5 Å². The molecule has 1 N–H and O–H groups in total. The maximum atomic E-state index is 12.6. The number of hydrogen-bond acceptors (Lipinski definition) is 5. The van der Waals surface area contributed by atoms with Gasteiger partial charge in [-0.25, -0.2) is 0 Å². The molecule has 4 rings (SSSR count). The van der Waals surface area contributed by atoms with Crippen molar-refractivity contribution in [3.8, 4) is 11.4 Å². The fourth-order valence-electron chi connectivity index (χ4n) is 3.14. The van der Waals surface area contributed by atoms with Gasteiger partial charge >= 0.3 is 0 Å². The van der Waals surface area contributed by atoms with E-state index in [-0.39, 0.29) is 18.2 Å². The van der Waals surface area contributed by atoms with E-state index in [1.807, 2.05) is 42.5 Å². The van der Waals surface area contributed by atoms with Crippen LogP contribution >= 0.6 is 0 Å². The van der Waals surface area contributed by atoms with Crippen molar-refractivity contribution in [1.29, 1.82) is 0 Å². The highest BCUT2D eigenvalue weighted by Crippen LogP contribution is 2.26. The Hall–Kier alpha value is -3.48. The van der Waals surface area contributed by atoms with Crippen LogP contribution in [0.5, 0.6) is 0 Å². The zero-order chi connectivity index (χ0) is 18.8. The van der Waals surface area contributed by atoms with Crippen LogP contribution in [0.4, 0.5) is 11.4 Å². The van der Waals surface area contributed by atoms with Gasteiger partial charge in [-0.2, -0.15) is 4.98 Å². The van der Waals surface area contributed by atoms with Crippen LogP contribution in [0.15, 0.2) is 59.1 Å². The van der Waals surface area contributed by atoms with Crippen molar-refractivity contribution >= 4 is 23.2 Å². The minimum atomic E-state index is -0.395. The van der Waals surface area contributed by atoms with E-state index in [1.165, 1.54) is 0 Å². The molecule has 0 aliphatic carbocycles. The minimum absolute atomic E-state index is 0.0441. The molecule has 1 unspecified atom stereocenters. The molecule has 0 saturated carbocycles. The molecule has 7 heteroatoms. The van der Waals surface area contributed by atoms with Crippen LogP contribution in [0.2, 0.25) is 0 Å². The highest BCUT2D eigenvalue weighted by molar-refractivity contribution is 6.03. The van der Waals surface area contributed by atoms with Gasteiger partial charge in [0, 0.05) is 36.8 Å². The number of amides is 2. The van der Waals surface area contributed by atoms with Crippen LogP contribution in [0.3, 0.4) is 0 Å². The third-order valence-corrected chi connectivity index (χ3v) is 4.48. The van der Waals surface area contributed by atoms with Crippen molar-refractivity contribution in [1.82, 2.24) is 10.1 Å². The number of anilines is 2. The van der Waals surface area contributed by atoms with Crippen molar-refractivity contribution in [2.24, 2.45) is 5.92 Å². The van der Waals surface area contributed by atoms with Gasteiger partial charge in [-0.3, -0.25) is 9.59 Å². The molecule has 27 heavy (non-hydrogen) atoms. The highest BCUT2D eigenvalue weighted by Gasteiger charge is 2.35. The molecule has 1 fully saturated rings. The third kappa shape index (κ3) is 3.57. The van der Waals surface area contributed by atoms with Crippen LogP contribution in [0.25, 0.3) is 11.4 Å². The van der Waals surface area contributed by atoms with E-state index < -0.39 is 5.92 Å². The number of nitrogens with one attached hydrogen (secondary N) is 1. The number of aryl methyl sites for hydroxylation is 1. The average Bonchev–Trinajstić information content (AvgIpc) is 3.29. The smallest absolute Gasteiger partial charge is 0.229 e. The molecule has 1 aromatic heterocycles. The zero-order valence-electron chi connectivity index (χ0n) is 14.8. The van der Waals surface area contributed by atoms with Crippen molar-refractivity contribution in [3.63, 3.8) is 0 Å². The first kappa shape index (κ1) is 17.0. The molecule has 2 heterocycles. The summed E-state index contributed by atoms with van der Waals surface area (Å²) in [7, 11) is 0. The lowest BCUT2D eigenvalue weighted by atomic mass is 10.1. The fourth-order valence-corrected chi connectivity index (χ4v) is 3.14. The standard InChI is InChI=1S/C20H18N4O3/c1-13-21-19(23-27-13)14-6-5-7-16(10-14)22-20(26)15-11-18(25)24(12-15)17-8-3-2-4-9-17/h2-10,15H,11-12H2,1H3,(H,22,26). The van der Waals surface area contributed by atoms with Crippen molar-refractivity contribution in [2.45, 2.75) is 13.3 Å². The Balaban J connectivity index is 1.46. The maximum absolute atomic E-state index is 12.6. The summed E-state index contributed by atoms with van der Waals surface area (Å²) in [4.78, 5) is 30.8. The molecule has 7 nitrogen and oxygen atoms in total. The van der Waals surface area contributed by atoms with E-state index >= 15 is 0 Å². The van der Waals surface area contributed by atoms with Gasteiger partial charge in [0.2, 0.25) is 23.5 Å². The minimum Gasteiger partial charge on any atom is -0.339 e. The number of nitrogens with zero attached hydrogens (tertiary/aromatic N) is 3.